The highest BCUT2D eigenvalue weighted by Gasteiger charge is 2.12. The molecule has 0 saturated carbocycles. The van der Waals surface area contributed by atoms with E-state index in [1.807, 2.05) is 32.9 Å². The molecule has 7 nitrogen and oxygen atoms in total. The molecule has 0 bridgehead atoms. The molecule has 3 aromatic rings. The summed E-state index contributed by atoms with van der Waals surface area (Å²) in [5.41, 5.74) is 1.63. The molecule has 0 unspecified atom stereocenters. The van der Waals surface area contributed by atoms with Crippen molar-refractivity contribution >= 4 is 29.2 Å². The largest absolute Gasteiger partial charge is 0.545 e. The summed E-state index contributed by atoms with van der Waals surface area (Å²) in [6.07, 6.45) is 3.27. The average Bonchev–Trinajstić information content (AvgIpc) is 2.72. The van der Waals surface area contributed by atoms with Crippen molar-refractivity contribution in [2.24, 2.45) is 0 Å². The molecule has 1 aromatic heterocycles. The summed E-state index contributed by atoms with van der Waals surface area (Å²) in [6, 6.07) is 9.87. The molecule has 0 aliphatic rings. The van der Waals surface area contributed by atoms with E-state index in [2.05, 4.69) is 4.98 Å². The molecule has 1 heterocycles. The van der Waals surface area contributed by atoms with Gasteiger partial charge >= 0.3 is 0 Å². The molecular formula is C23H23N2O5-. The summed E-state index contributed by atoms with van der Waals surface area (Å²) in [5, 5.41) is 11.2. The molecule has 0 radical (unpaired) electrons. The third kappa shape index (κ3) is 4.20. The Morgan fingerprint density at radius 3 is 2.63 bits per heavy atom. The molecule has 3 rings (SSSR count). The third-order valence-corrected chi connectivity index (χ3v) is 4.53. The number of hydrogen-bond acceptors (Lipinski definition) is 6. The van der Waals surface area contributed by atoms with E-state index in [1.54, 1.807) is 36.0 Å². The van der Waals surface area contributed by atoms with Gasteiger partial charge in [-0.15, -0.1) is 0 Å². The van der Waals surface area contributed by atoms with Gasteiger partial charge in [-0.2, -0.15) is 0 Å². The number of aromatic carboxylic acids is 1. The van der Waals surface area contributed by atoms with Gasteiger partial charge < -0.3 is 23.9 Å². The molecule has 7 heteroatoms. The van der Waals surface area contributed by atoms with Crippen LogP contribution in [0.2, 0.25) is 0 Å². The molecule has 2 aromatic carbocycles. The monoisotopic (exact) mass is 407 g/mol. The van der Waals surface area contributed by atoms with Crippen molar-refractivity contribution in [3.8, 4) is 11.5 Å². The minimum atomic E-state index is -1.29. The number of hydrogen-bond donors (Lipinski definition) is 0. The first-order valence-electron chi connectivity index (χ1n) is 9.63. The van der Waals surface area contributed by atoms with Crippen LogP contribution in [0.25, 0.3) is 23.2 Å². The van der Waals surface area contributed by atoms with Crippen molar-refractivity contribution in [1.29, 1.82) is 0 Å². The molecule has 156 valence electrons. The molecule has 0 atom stereocenters. The van der Waals surface area contributed by atoms with E-state index < -0.39 is 5.97 Å². The second-order valence-electron chi connectivity index (χ2n) is 6.92. The highest BCUT2D eigenvalue weighted by Crippen LogP contribution is 2.33. The number of benzene rings is 2. The van der Waals surface area contributed by atoms with Gasteiger partial charge in [0, 0.05) is 12.1 Å². The topological polar surface area (TPSA) is 93.5 Å². The summed E-state index contributed by atoms with van der Waals surface area (Å²) in [7, 11) is 1.57. The summed E-state index contributed by atoms with van der Waals surface area (Å²) in [4.78, 5) is 28.5. The number of rotatable bonds is 7. The molecule has 0 saturated heterocycles. The lowest BCUT2D eigenvalue weighted by Crippen LogP contribution is -2.25. The van der Waals surface area contributed by atoms with Crippen LogP contribution in [-0.4, -0.2) is 28.7 Å². The maximum atomic E-state index is 12.9. The number of carbonyl (C=O) groups is 1. The van der Waals surface area contributed by atoms with Crippen molar-refractivity contribution in [3.05, 3.63) is 63.6 Å². The number of aromatic nitrogens is 2. The number of carbonyl (C=O) groups excluding carboxylic acids is 1. The van der Waals surface area contributed by atoms with Crippen LogP contribution in [0.15, 0.2) is 41.2 Å². The fourth-order valence-corrected chi connectivity index (χ4v) is 3.17. The number of carboxylic acid groups (broad SMARTS) is 1. The van der Waals surface area contributed by atoms with Crippen LogP contribution >= 0.6 is 0 Å². The van der Waals surface area contributed by atoms with E-state index in [9.17, 15) is 14.7 Å². The quantitative estimate of drug-likeness (QED) is 0.598. The Balaban J connectivity index is 2.14. The smallest absolute Gasteiger partial charge is 0.276 e. The van der Waals surface area contributed by atoms with Gasteiger partial charge in [0.1, 0.15) is 5.69 Å². The van der Waals surface area contributed by atoms with Crippen LogP contribution in [0.1, 0.15) is 42.4 Å². The number of ether oxygens (including phenoxy) is 2. The number of aryl methyl sites for hydroxylation is 1. The average molecular weight is 407 g/mol. The second-order valence-corrected chi connectivity index (χ2v) is 6.92. The number of fused-ring (bicyclic) bond motifs is 1. The zero-order chi connectivity index (χ0) is 21.8. The number of nitrogens with zero attached hydrogens (tertiary/aromatic N) is 2. The Morgan fingerprint density at radius 1 is 1.23 bits per heavy atom. The van der Waals surface area contributed by atoms with Gasteiger partial charge in [0.25, 0.3) is 5.56 Å². The van der Waals surface area contributed by atoms with E-state index >= 15 is 0 Å². The summed E-state index contributed by atoms with van der Waals surface area (Å²) in [6.45, 7) is 6.10. The predicted molar refractivity (Wildman–Crippen MR) is 114 cm³/mol. The van der Waals surface area contributed by atoms with Crippen LogP contribution in [-0.2, 0) is 6.54 Å². The molecular weight excluding hydrogens is 384 g/mol. The first-order chi connectivity index (χ1) is 14.3. The van der Waals surface area contributed by atoms with Gasteiger partial charge in [-0.3, -0.25) is 4.79 Å². The van der Waals surface area contributed by atoms with E-state index in [0.717, 1.165) is 5.56 Å². The second kappa shape index (κ2) is 8.82. The maximum absolute atomic E-state index is 12.9. The van der Waals surface area contributed by atoms with E-state index in [4.69, 9.17) is 9.47 Å². The molecule has 0 N–H and O–H groups in total. The van der Waals surface area contributed by atoms with Crippen LogP contribution in [0.4, 0.5) is 0 Å². The normalized spacial score (nSPS) is 11.4. The summed E-state index contributed by atoms with van der Waals surface area (Å²) < 4.78 is 12.8. The van der Waals surface area contributed by atoms with E-state index in [1.165, 1.54) is 12.1 Å². The molecule has 0 aliphatic heterocycles. The van der Waals surface area contributed by atoms with Gasteiger partial charge in [-0.05, 0) is 56.7 Å². The van der Waals surface area contributed by atoms with Crippen LogP contribution in [0.3, 0.4) is 0 Å². The number of carboxylic acids is 1. The molecule has 0 aliphatic carbocycles. The fraction of sp³-hybridized carbons (Fsp3) is 0.261. The number of methoxy groups -OCH3 is 1. The number of para-hydroxylation sites is 1. The summed E-state index contributed by atoms with van der Waals surface area (Å²) >= 11 is 0. The van der Waals surface area contributed by atoms with Crippen LogP contribution in [0, 0.1) is 0 Å². The highest BCUT2D eigenvalue weighted by molar-refractivity contribution is 5.91. The van der Waals surface area contributed by atoms with Crippen molar-refractivity contribution in [2.45, 2.75) is 33.4 Å². The predicted octanol–water partition coefficient (Wildman–Crippen LogP) is 2.75. The Labute approximate surface area is 174 Å². The van der Waals surface area contributed by atoms with E-state index in [-0.39, 0.29) is 22.9 Å². The highest BCUT2D eigenvalue weighted by atomic mass is 16.5. The van der Waals surface area contributed by atoms with Gasteiger partial charge in [-0.25, -0.2) is 4.98 Å². The first kappa shape index (κ1) is 21.1. The van der Waals surface area contributed by atoms with Crippen LogP contribution < -0.4 is 20.1 Å². The van der Waals surface area contributed by atoms with E-state index in [0.29, 0.717) is 29.1 Å². The third-order valence-electron chi connectivity index (χ3n) is 4.53. The zero-order valence-electron chi connectivity index (χ0n) is 17.3. The maximum Gasteiger partial charge on any atom is 0.276 e. The van der Waals surface area contributed by atoms with Gasteiger partial charge in [0.05, 0.1) is 30.2 Å². The van der Waals surface area contributed by atoms with Crippen molar-refractivity contribution < 1.29 is 19.4 Å². The van der Waals surface area contributed by atoms with Crippen molar-refractivity contribution in [3.63, 3.8) is 0 Å². The van der Waals surface area contributed by atoms with Crippen LogP contribution in [0.5, 0.6) is 11.5 Å². The first-order valence-corrected chi connectivity index (χ1v) is 9.63. The lowest BCUT2D eigenvalue weighted by molar-refractivity contribution is -0.255. The molecule has 0 spiro atoms. The molecule has 0 amide bonds. The summed E-state index contributed by atoms with van der Waals surface area (Å²) in [5.74, 6) is -0.138. The standard InChI is InChI=1S/C23H24N2O5/c1-5-25-19-12-10-16(23(27)28)13-18(19)24-17(22(25)26)11-9-15-7-6-8-20(29-4)21(15)30-14(2)3/h6-14H,5H2,1-4H3,(H,27,28)/p-1/b11-9+. The van der Waals surface area contributed by atoms with Gasteiger partial charge in [0.2, 0.25) is 0 Å². The Kier molecular flexibility index (Phi) is 6.20. The van der Waals surface area contributed by atoms with Crippen molar-refractivity contribution in [1.82, 2.24) is 9.55 Å². The fourth-order valence-electron chi connectivity index (χ4n) is 3.17. The van der Waals surface area contributed by atoms with Gasteiger partial charge in [0.15, 0.2) is 11.5 Å². The Bertz CT molecular complexity index is 1180. The Hall–Kier alpha value is -3.61. The minimum Gasteiger partial charge on any atom is -0.545 e. The SMILES string of the molecule is CCn1c(=O)c(/C=C/c2cccc(OC)c2OC(C)C)nc2cc(C(=O)[O-])ccc21. The lowest BCUT2D eigenvalue weighted by Gasteiger charge is -2.16. The lowest BCUT2D eigenvalue weighted by atomic mass is 10.1. The Morgan fingerprint density at radius 2 is 2.00 bits per heavy atom. The van der Waals surface area contributed by atoms with Crippen molar-refractivity contribution in [2.75, 3.05) is 7.11 Å². The minimum absolute atomic E-state index is 0.00615. The zero-order valence-corrected chi connectivity index (χ0v) is 17.3. The molecule has 0 fully saturated rings. The van der Waals surface area contributed by atoms with Gasteiger partial charge in [-0.1, -0.05) is 18.2 Å². The molecule has 30 heavy (non-hydrogen) atoms.